The monoisotopic (exact) mass is 184 g/mol. The molecule has 0 amide bonds. The summed E-state index contributed by atoms with van der Waals surface area (Å²) in [6.07, 6.45) is 0.933. The largest absolute Gasteiger partial charge is 0.475 e. The van der Waals surface area contributed by atoms with Gasteiger partial charge in [0.05, 0.1) is 4.90 Å². The maximum Gasteiger partial charge on any atom is 0.373 e. The number of aryl methyl sites for hydroxylation is 1. The Bertz CT molecular complexity index is 340. The second-order valence-corrected chi connectivity index (χ2v) is 3.80. The molecule has 0 saturated carbocycles. The first-order valence-electron chi connectivity index (χ1n) is 3.68. The highest BCUT2D eigenvalue weighted by Gasteiger charge is 2.26. The molecular weight excluding hydrogens is 176 g/mol. The van der Waals surface area contributed by atoms with Crippen molar-refractivity contribution in [1.82, 2.24) is 0 Å². The first-order valence-corrected chi connectivity index (χ1v) is 4.67. The molecule has 0 fully saturated rings. The van der Waals surface area contributed by atoms with Gasteiger partial charge in [-0.25, -0.2) is 4.79 Å². The molecule has 0 bridgehead atoms. The molecule has 64 valence electrons. The second kappa shape index (κ2) is 2.55. The van der Waals surface area contributed by atoms with Crippen LogP contribution < -0.4 is 0 Å². The van der Waals surface area contributed by atoms with E-state index in [9.17, 15) is 4.79 Å². The molecule has 0 saturated heterocycles. The molecule has 2 heterocycles. The van der Waals surface area contributed by atoms with Crippen molar-refractivity contribution >= 4 is 17.7 Å². The van der Waals surface area contributed by atoms with Crippen LogP contribution in [0.25, 0.3) is 0 Å². The molecule has 0 spiro atoms. The predicted molar refractivity (Wildman–Crippen MR) is 44.8 cm³/mol. The van der Waals surface area contributed by atoms with Crippen LogP contribution in [0.1, 0.15) is 21.9 Å². The number of thioether (sulfide) groups is 1. The molecule has 1 aliphatic rings. The van der Waals surface area contributed by atoms with Gasteiger partial charge in [-0.15, -0.1) is 11.8 Å². The highest BCUT2D eigenvalue weighted by Crippen LogP contribution is 2.38. The summed E-state index contributed by atoms with van der Waals surface area (Å²) in [6.45, 7) is 1.82. The summed E-state index contributed by atoms with van der Waals surface area (Å²) in [7, 11) is 0. The number of hydrogen-bond acceptors (Lipinski definition) is 3. The number of rotatable bonds is 1. The highest BCUT2D eigenvalue weighted by atomic mass is 32.2. The van der Waals surface area contributed by atoms with E-state index in [1.165, 1.54) is 0 Å². The van der Waals surface area contributed by atoms with Crippen LogP contribution in [0.4, 0.5) is 0 Å². The Morgan fingerprint density at radius 1 is 1.67 bits per heavy atom. The lowest BCUT2D eigenvalue weighted by Crippen LogP contribution is -1.94. The van der Waals surface area contributed by atoms with Crippen molar-refractivity contribution in [3.8, 4) is 0 Å². The van der Waals surface area contributed by atoms with Crippen molar-refractivity contribution < 1.29 is 14.3 Å². The summed E-state index contributed by atoms with van der Waals surface area (Å²) in [4.78, 5) is 11.5. The van der Waals surface area contributed by atoms with E-state index in [1.807, 2.05) is 6.92 Å². The minimum atomic E-state index is -0.964. The number of hydrogen-bond donors (Lipinski definition) is 1. The number of carbonyl (C=O) groups is 1. The van der Waals surface area contributed by atoms with Crippen LogP contribution in [-0.4, -0.2) is 16.8 Å². The standard InChI is InChI=1S/C8H8O3S/c1-4-5-2-3-12-7(5)6(11-4)8(9)10/h2-3H2,1H3,(H,9,10). The summed E-state index contributed by atoms with van der Waals surface area (Å²) in [5.74, 6) is 0.883. The normalized spacial score (nSPS) is 14.8. The SMILES string of the molecule is Cc1oc(C(=O)O)c2c1CCS2. The molecule has 2 rings (SSSR count). The lowest BCUT2D eigenvalue weighted by molar-refractivity contribution is 0.0656. The van der Waals surface area contributed by atoms with Gasteiger partial charge < -0.3 is 9.52 Å². The minimum absolute atomic E-state index is 0.116. The number of furan rings is 1. The Kier molecular flexibility index (Phi) is 1.65. The number of carboxylic acid groups (broad SMARTS) is 1. The first-order chi connectivity index (χ1) is 5.70. The van der Waals surface area contributed by atoms with Crippen LogP contribution in [0, 0.1) is 6.92 Å². The van der Waals surface area contributed by atoms with Gasteiger partial charge in [0.15, 0.2) is 0 Å². The Hall–Kier alpha value is -0.900. The summed E-state index contributed by atoms with van der Waals surface area (Å²) >= 11 is 1.57. The second-order valence-electron chi connectivity index (χ2n) is 2.70. The zero-order valence-corrected chi connectivity index (χ0v) is 7.40. The Morgan fingerprint density at radius 2 is 2.42 bits per heavy atom. The molecule has 1 N–H and O–H groups in total. The summed E-state index contributed by atoms with van der Waals surface area (Å²) < 4.78 is 5.13. The molecular formula is C8H8O3S. The van der Waals surface area contributed by atoms with Crippen molar-refractivity contribution in [3.63, 3.8) is 0 Å². The molecule has 1 aliphatic heterocycles. The average molecular weight is 184 g/mol. The predicted octanol–water partition coefficient (Wildman–Crippen LogP) is 1.93. The van der Waals surface area contributed by atoms with Crippen LogP contribution >= 0.6 is 11.8 Å². The van der Waals surface area contributed by atoms with Crippen LogP contribution in [0.15, 0.2) is 9.31 Å². The summed E-state index contributed by atoms with van der Waals surface area (Å²) in [5, 5.41) is 8.76. The Morgan fingerprint density at radius 3 is 3.08 bits per heavy atom. The van der Waals surface area contributed by atoms with Gasteiger partial charge in [-0.2, -0.15) is 0 Å². The van der Waals surface area contributed by atoms with E-state index in [0.29, 0.717) is 0 Å². The fourth-order valence-corrected chi connectivity index (χ4v) is 2.59. The lowest BCUT2D eigenvalue weighted by Gasteiger charge is -1.90. The molecule has 0 radical (unpaired) electrons. The van der Waals surface area contributed by atoms with Crippen LogP contribution in [0.5, 0.6) is 0 Å². The van der Waals surface area contributed by atoms with Crippen LogP contribution in [0.2, 0.25) is 0 Å². The fourth-order valence-electron chi connectivity index (χ4n) is 1.40. The van der Waals surface area contributed by atoms with E-state index < -0.39 is 5.97 Å². The number of aromatic carboxylic acids is 1. The quantitative estimate of drug-likeness (QED) is 0.724. The van der Waals surface area contributed by atoms with E-state index in [0.717, 1.165) is 28.4 Å². The molecule has 12 heavy (non-hydrogen) atoms. The lowest BCUT2D eigenvalue weighted by atomic mass is 10.2. The topological polar surface area (TPSA) is 50.4 Å². The van der Waals surface area contributed by atoms with Gasteiger partial charge in [0.2, 0.25) is 5.76 Å². The van der Waals surface area contributed by atoms with Gasteiger partial charge in [0.1, 0.15) is 5.76 Å². The van der Waals surface area contributed by atoms with E-state index >= 15 is 0 Å². The maximum absolute atomic E-state index is 10.7. The van der Waals surface area contributed by atoms with Gasteiger partial charge in [-0.3, -0.25) is 0 Å². The third-order valence-electron chi connectivity index (χ3n) is 1.95. The molecule has 0 aromatic carbocycles. The molecule has 0 aliphatic carbocycles. The molecule has 0 unspecified atom stereocenters. The van der Waals surface area contributed by atoms with Gasteiger partial charge in [-0.1, -0.05) is 0 Å². The highest BCUT2D eigenvalue weighted by molar-refractivity contribution is 7.99. The van der Waals surface area contributed by atoms with E-state index in [1.54, 1.807) is 11.8 Å². The zero-order chi connectivity index (χ0) is 8.72. The van der Waals surface area contributed by atoms with Crippen molar-refractivity contribution in [3.05, 3.63) is 17.1 Å². The van der Waals surface area contributed by atoms with Crippen LogP contribution in [-0.2, 0) is 6.42 Å². The number of carboxylic acids is 1. The van der Waals surface area contributed by atoms with Gasteiger partial charge in [-0.05, 0) is 13.3 Å². The molecule has 1 aromatic rings. The van der Waals surface area contributed by atoms with E-state index in [-0.39, 0.29) is 5.76 Å². The van der Waals surface area contributed by atoms with Crippen LogP contribution in [0.3, 0.4) is 0 Å². The van der Waals surface area contributed by atoms with Crippen molar-refractivity contribution in [2.45, 2.75) is 18.2 Å². The van der Waals surface area contributed by atoms with E-state index in [4.69, 9.17) is 9.52 Å². The minimum Gasteiger partial charge on any atom is -0.475 e. The summed E-state index contributed by atoms with van der Waals surface area (Å²) in [6, 6.07) is 0. The molecule has 0 atom stereocenters. The first kappa shape index (κ1) is 7.73. The van der Waals surface area contributed by atoms with Crippen molar-refractivity contribution in [1.29, 1.82) is 0 Å². The van der Waals surface area contributed by atoms with Gasteiger partial charge in [0.25, 0.3) is 0 Å². The smallest absolute Gasteiger partial charge is 0.373 e. The van der Waals surface area contributed by atoms with Crippen molar-refractivity contribution in [2.24, 2.45) is 0 Å². The Balaban J connectivity index is 2.58. The Labute approximate surface area is 73.8 Å². The zero-order valence-electron chi connectivity index (χ0n) is 6.59. The fraction of sp³-hybridized carbons (Fsp3) is 0.375. The van der Waals surface area contributed by atoms with Gasteiger partial charge in [0, 0.05) is 11.3 Å². The third-order valence-corrected chi connectivity index (χ3v) is 3.08. The third kappa shape index (κ3) is 0.948. The average Bonchev–Trinajstić information content (AvgIpc) is 2.53. The van der Waals surface area contributed by atoms with Crippen molar-refractivity contribution in [2.75, 3.05) is 5.75 Å². The van der Waals surface area contributed by atoms with Gasteiger partial charge >= 0.3 is 5.97 Å². The number of fused-ring (bicyclic) bond motifs is 1. The maximum atomic E-state index is 10.7. The molecule has 4 heteroatoms. The van der Waals surface area contributed by atoms with E-state index in [2.05, 4.69) is 0 Å². The molecule has 3 nitrogen and oxygen atoms in total. The molecule has 1 aromatic heterocycles. The summed E-state index contributed by atoms with van der Waals surface area (Å²) in [5.41, 5.74) is 1.08.